The summed E-state index contributed by atoms with van der Waals surface area (Å²) in [5, 5.41) is 9.56. The Morgan fingerprint density at radius 2 is 1.79 bits per heavy atom. The summed E-state index contributed by atoms with van der Waals surface area (Å²) in [6.07, 6.45) is -1.76. The molecule has 1 aromatic rings. The molecule has 2 atom stereocenters. The first kappa shape index (κ1) is 19.0. The van der Waals surface area contributed by atoms with Gasteiger partial charge in [0.25, 0.3) is 0 Å². The van der Waals surface area contributed by atoms with Crippen LogP contribution in [0.25, 0.3) is 0 Å². The number of carboxylic acids is 1. The SMILES string of the molecule is CC(C)(C)OC(=O)N1C(c2ccc(I)cc2)C(C(=O)O)OC1(C)C. The van der Waals surface area contributed by atoms with Gasteiger partial charge in [0.2, 0.25) is 0 Å². The van der Waals surface area contributed by atoms with Gasteiger partial charge in [0.15, 0.2) is 6.10 Å². The van der Waals surface area contributed by atoms with Gasteiger partial charge in [0.05, 0.1) is 0 Å². The zero-order valence-electron chi connectivity index (χ0n) is 14.4. The number of benzene rings is 1. The second kappa shape index (κ2) is 6.51. The highest BCUT2D eigenvalue weighted by molar-refractivity contribution is 14.1. The third kappa shape index (κ3) is 4.00. The molecular formula is C17H22INO5. The van der Waals surface area contributed by atoms with E-state index in [2.05, 4.69) is 22.6 Å². The summed E-state index contributed by atoms with van der Waals surface area (Å²) in [7, 11) is 0. The molecule has 1 aliphatic rings. The Balaban J connectivity index is 2.47. The van der Waals surface area contributed by atoms with Crippen molar-refractivity contribution in [1.82, 2.24) is 4.90 Å². The van der Waals surface area contributed by atoms with E-state index in [0.29, 0.717) is 5.56 Å². The molecule has 2 rings (SSSR count). The monoisotopic (exact) mass is 447 g/mol. The van der Waals surface area contributed by atoms with E-state index in [1.807, 2.05) is 24.3 Å². The Kier molecular flexibility index (Phi) is 5.15. The first-order valence-corrected chi connectivity index (χ1v) is 8.69. The topological polar surface area (TPSA) is 76.1 Å². The first-order chi connectivity index (χ1) is 10.9. The van der Waals surface area contributed by atoms with Crippen LogP contribution in [-0.2, 0) is 14.3 Å². The van der Waals surface area contributed by atoms with Crippen molar-refractivity contribution in [3.8, 4) is 0 Å². The summed E-state index contributed by atoms with van der Waals surface area (Å²) in [5.74, 6) is -1.11. The third-order valence-corrected chi connectivity index (χ3v) is 4.32. The van der Waals surface area contributed by atoms with Gasteiger partial charge < -0.3 is 14.6 Å². The average molecular weight is 447 g/mol. The minimum absolute atomic E-state index is 0.597. The number of carbonyl (C=O) groups is 2. The number of aliphatic carboxylic acids is 1. The summed E-state index contributed by atoms with van der Waals surface area (Å²) in [6, 6.07) is 6.60. The van der Waals surface area contributed by atoms with E-state index in [9.17, 15) is 14.7 Å². The Morgan fingerprint density at radius 1 is 1.25 bits per heavy atom. The van der Waals surface area contributed by atoms with Crippen molar-refractivity contribution in [3.05, 3.63) is 33.4 Å². The highest BCUT2D eigenvalue weighted by atomic mass is 127. The van der Waals surface area contributed by atoms with Crippen LogP contribution in [-0.4, -0.2) is 39.5 Å². The van der Waals surface area contributed by atoms with E-state index >= 15 is 0 Å². The minimum Gasteiger partial charge on any atom is -0.479 e. The smallest absolute Gasteiger partial charge is 0.413 e. The summed E-state index contributed by atoms with van der Waals surface area (Å²) in [6.45, 7) is 8.63. The molecule has 1 heterocycles. The maximum Gasteiger partial charge on any atom is 0.413 e. The van der Waals surface area contributed by atoms with Crippen LogP contribution in [0.15, 0.2) is 24.3 Å². The maximum absolute atomic E-state index is 12.7. The van der Waals surface area contributed by atoms with Crippen molar-refractivity contribution in [2.45, 2.75) is 58.1 Å². The van der Waals surface area contributed by atoms with E-state index in [1.54, 1.807) is 34.6 Å². The number of hydrogen-bond acceptors (Lipinski definition) is 4. The number of carbonyl (C=O) groups excluding carboxylic acids is 1. The molecule has 1 amide bonds. The molecule has 0 aromatic heterocycles. The van der Waals surface area contributed by atoms with Crippen molar-refractivity contribution in [2.75, 3.05) is 0 Å². The molecule has 0 saturated carbocycles. The maximum atomic E-state index is 12.7. The average Bonchev–Trinajstić information content (AvgIpc) is 2.69. The lowest BCUT2D eigenvalue weighted by Gasteiger charge is -2.35. The first-order valence-electron chi connectivity index (χ1n) is 7.61. The van der Waals surface area contributed by atoms with Crippen molar-refractivity contribution in [2.24, 2.45) is 0 Å². The van der Waals surface area contributed by atoms with Gasteiger partial charge in [-0.25, -0.2) is 9.59 Å². The molecule has 0 aliphatic carbocycles. The van der Waals surface area contributed by atoms with E-state index in [4.69, 9.17) is 9.47 Å². The molecule has 6 nitrogen and oxygen atoms in total. The molecular weight excluding hydrogens is 425 g/mol. The van der Waals surface area contributed by atoms with Gasteiger partial charge in [-0.15, -0.1) is 0 Å². The highest BCUT2D eigenvalue weighted by Crippen LogP contribution is 2.42. The van der Waals surface area contributed by atoms with Crippen LogP contribution in [0.4, 0.5) is 4.79 Å². The highest BCUT2D eigenvalue weighted by Gasteiger charge is 2.54. The van der Waals surface area contributed by atoms with Gasteiger partial charge in [0.1, 0.15) is 17.4 Å². The lowest BCUT2D eigenvalue weighted by Crippen LogP contribution is -2.47. The fourth-order valence-corrected chi connectivity index (χ4v) is 3.08. The van der Waals surface area contributed by atoms with E-state index in [-0.39, 0.29) is 0 Å². The van der Waals surface area contributed by atoms with E-state index < -0.39 is 35.5 Å². The largest absolute Gasteiger partial charge is 0.479 e. The molecule has 1 N–H and O–H groups in total. The molecule has 7 heteroatoms. The molecule has 1 aliphatic heterocycles. The molecule has 1 fully saturated rings. The normalized spacial score (nSPS) is 23.2. The lowest BCUT2D eigenvalue weighted by atomic mass is 10.0. The van der Waals surface area contributed by atoms with E-state index in [1.165, 1.54) is 4.90 Å². The van der Waals surface area contributed by atoms with Gasteiger partial charge >= 0.3 is 12.1 Å². The van der Waals surface area contributed by atoms with Crippen LogP contribution in [0, 0.1) is 3.57 Å². The molecule has 0 radical (unpaired) electrons. The number of nitrogens with zero attached hydrogens (tertiary/aromatic N) is 1. The summed E-state index contributed by atoms with van der Waals surface area (Å²) in [5.41, 5.74) is -1.09. The number of rotatable bonds is 2. The Hall–Kier alpha value is -1.35. The zero-order valence-corrected chi connectivity index (χ0v) is 16.5. The van der Waals surface area contributed by atoms with Gasteiger partial charge in [0, 0.05) is 3.57 Å². The predicted octanol–water partition coefficient (Wildman–Crippen LogP) is 3.79. The van der Waals surface area contributed by atoms with Crippen molar-refractivity contribution < 1.29 is 24.2 Å². The number of carboxylic acid groups (broad SMARTS) is 1. The van der Waals surface area contributed by atoms with Crippen LogP contribution < -0.4 is 0 Å². The second-order valence-electron chi connectivity index (χ2n) is 7.17. The predicted molar refractivity (Wildman–Crippen MR) is 96.6 cm³/mol. The fourth-order valence-electron chi connectivity index (χ4n) is 2.72. The standard InChI is InChI=1S/C17H22INO5/c1-16(2,3)24-15(22)19-12(10-6-8-11(18)9-7-10)13(14(20)21)23-17(19,4)5/h6-9,12-13H,1-5H3,(H,20,21). The quantitative estimate of drug-likeness (QED) is 0.699. The summed E-state index contributed by atoms with van der Waals surface area (Å²) in [4.78, 5) is 25.8. The van der Waals surface area contributed by atoms with Crippen molar-refractivity contribution in [3.63, 3.8) is 0 Å². The molecule has 2 unspecified atom stereocenters. The van der Waals surface area contributed by atoms with Crippen LogP contribution in [0.3, 0.4) is 0 Å². The zero-order chi connectivity index (χ0) is 18.3. The Bertz CT molecular complexity index is 635. The van der Waals surface area contributed by atoms with Gasteiger partial charge in [-0.1, -0.05) is 12.1 Å². The Labute approximate surface area is 155 Å². The number of halogens is 1. The summed E-state index contributed by atoms with van der Waals surface area (Å²) >= 11 is 2.17. The molecule has 1 saturated heterocycles. The molecule has 24 heavy (non-hydrogen) atoms. The molecule has 0 spiro atoms. The molecule has 1 aromatic carbocycles. The molecule has 0 bridgehead atoms. The summed E-state index contributed by atoms with van der Waals surface area (Å²) < 4.78 is 12.2. The van der Waals surface area contributed by atoms with Crippen LogP contribution in [0.2, 0.25) is 0 Å². The van der Waals surface area contributed by atoms with Crippen molar-refractivity contribution in [1.29, 1.82) is 0 Å². The van der Waals surface area contributed by atoms with Gasteiger partial charge in [-0.05, 0) is 74.9 Å². The number of amides is 1. The van der Waals surface area contributed by atoms with Crippen LogP contribution in [0.5, 0.6) is 0 Å². The van der Waals surface area contributed by atoms with Crippen LogP contribution >= 0.6 is 22.6 Å². The molecule has 132 valence electrons. The van der Waals surface area contributed by atoms with Crippen LogP contribution in [0.1, 0.15) is 46.2 Å². The minimum atomic E-state index is -1.16. The lowest BCUT2D eigenvalue weighted by molar-refractivity contribution is -0.155. The number of ether oxygens (including phenoxy) is 2. The fraction of sp³-hybridized carbons (Fsp3) is 0.529. The number of hydrogen-bond donors (Lipinski definition) is 1. The van der Waals surface area contributed by atoms with Gasteiger partial charge in [-0.2, -0.15) is 0 Å². The second-order valence-corrected chi connectivity index (χ2v) is 8.42. The third-order valence-electron chi connectivity index (χ3n) is 3.61. The van der Waals surface area contributed by atoms with E-state index in [0.717, 1.165) is 3.57 Å². The Morgan fingerprint density at radius 3 is 2.25 bits per heavy atom. The van der Waals surface area contributed by atoms with Crippen molar-refractivity contribution >= 4 is 34.7 Å². The van der Waals surface area contributed by atoms with Gasteiger partial charge in [-0.3, -0.25) is 4.90 Å².